The second-order valence-corrected chi connectivity index (χ2v) is 5.36. The molecule has 2 aromatic rings. The lowest BCUT2D eigenvalue weighted by Gasteiger charge is -2.39. The van der Waals surface area contributed by atoms with E-state index in [0.717, 1.165) is 25.1 Å². The molecule has 0 saturated carbocycles. The Kier molecular flexibility index (Phi) is 4.52. The van der Waals surface area contributed by atoms with Gasteiger partial charge in [-0.2, -0.15) is 0 Å². The monoisotopic (exact) mass is 318 g/mol. The van der Waals surface area contributed by atoms with Gasteiger partial charge in [-0.3, -0.25) is 10.2 Å². The van der Waals surface area contributed by atoms with Gasteiger partial charge in [-0.15, -0.1) is 0 Å². The molecule has 0 aromatic carbocycles. The van der Waals surface area contributed by atoms with E-state index in [0.29, 0.717) is 18.9 Å². The highest BCUT2D eigenvalue weighted by Gasteiger charge is 2.31. The van der Waals surface area contributed by atoms with Crippen molar-refractivity contribution in [2.45, 2.75) is 13.0 Å². The van der Waals surface area contributed by atoms with Crippen LogP contribution in [0.1, 0.15) is 18.8 Å². The van der Waals surface area contributed by atoms with Crippen LogP contribution < -0.4 is 5.32 Å². The number of carbonyl (C=O) groups is 1. The Morgan fingerprint density at radius 2 is 2.30 bits per heavy atom. The van der Waals surface area contributed by atoms with E-state index in [1.165, 1.54) is 12.1 Å². The molecule has 2 N–H and O–H groups in total. The highest BCUT2D eigenvalue weighted by molar-refractivity contribution is 5.88. The lowest BCUT2D eigenvalue weighted by atomic mass is 10.1. The van der Waals surface area contributed by atoms with Gasteiger partial charge in [-0.1, -0.05) is 6.92 Å². The van der Waals surface area contributed by atoms with Crippen molar-refractivity contribution >= 4 is 11.8 Å². The van der Waals surface area contributed by atoms with Gasteiger partial charge in [-0.25, -0.2) is 19.2 Å². The largest absolute Gasteiger partial charge is 0.347 e. The lowest BCUT2D eigenvalue weighted by Crippen LogP contribution is -2.51. The van der Waals surface area contributed by atoms with Crippen molar-refractivity contribution in [1.82, 2.24) is 24.8 Å². The number of amides is 2. The average molecular weight is 318 g/mol. The molecular weight excluding hydrogens is 299 g/mol. The molecule has 1 atom stereocenters. The van der Waals surface area contributed by atoms with Gasteiger partial charge in [0.25, 0.3) is 0 Å². The fourth-order valence-electron chi connectivity index (χ4n) is 2.74. The average Bonchev–Trinajstić information content (AvgIpc) is 3.10. The number of nitrogens with one attached hydrogen (secondary N) is 2. The number of imidazole rings is 1. The third-order valence-corrected chi connectivity index (χ3v) is 3.98. The number of carbonyl (C=O) groups excluding carboxylic acids is 1. The molecular formula is C15H19FN6O. The molecule has 0 bridgehead atoms. The number of pyridine rings is 1. The van der Waals surface area contributed by atoms with E-state index in [4.69, 9.17) is 0 Å². The third-order valence-electron chi connectivity index (χ3n) is 3.98. The molecule has 23 heavy (non-hydrogen) atoms. The van der Waals surface area contributed by atoms with Gasteiger partial charge in [0.1, 0.15) is 17.5 Å². The molecule has 1 aliphatic heterocycles. The summed E-state index contributed by atoms with van der Waals surface area (Å²) >= 11 is 0. The van der Waals surface area contributed by atoms with Crippen LogP contribution in [0.15, 0.2) is 30.7 Å². The number of hydrogen-bond donors (Lipinski definition) is 2. The van der Waals surface area contributed by atoms with E-state index in [-0.39, 0.29) is 12.1 Å². The van der Waals surface area contributed by atoms with Crippen LogP contribution in [-0.4, -0.2) is 57.0 Å². The minimum atomic E-state index is -0.433. The number of piperazine rings is 1. The molecule has 0 unspecified atom stereocenters. The van der Waals surface area contributed by atoms with Crippen molar-refractivity contribution in [3.8, 4) is 0 Å². The van der Waals surface area contributed by atoms with E-state index < -0.39 is 5.82 Å². The first-order chi connectivity index (χ1) is 11.2. The Hall–Kier alpha value is -2.48. The van der Waals surface area contributed by atoms with Gasteiger partial charge in [-0.05, 0) is 18.7 Å². The molecule has 7 nitrogen and oxygen atoms in total. The van der Waals surface area contributed by atoms with Crippen LogP contribution in [0.25, 0.3) is 0 Å². The first-order valence-corrected chi connectivity index (χ1v) is 7.58. The van der Waals surface area contributed by atoms with Gasteiger partial charge in [0.05, 0.1) is 12.2 Å². The Labute approximate surface area is 133 Å². The van der Waals surface area contributed by atoms with E-state index in [2.05, 4.69) is 32.1 Å². The Morgan fingerprint density at radius 3 is 2.96 bits per heavy atom. The smallest absolute Gasteiger partial charge is 0.323 e. The van der Waals surface area contributed by atoms with Crippen LogP contribution in [-0.2, 0) is 0 Å². The summed E-state index contributed by atoms with van der Waals surface area (Å²) in [5.74, 6) is 0.755. The number of H-pyrrole nitrogens is 1. The predicted octanol–water partition coefficient (Wildman–Crippen LogP) is 1.85. The molecule has 1 aliphatic rings. The fraction of sp³-hybridized carbons (Fsp3) is 0.400. The summed E-state index contributed by atoms with van der Waals surface area (Å²) in [6, 6.07) is 2.51. The van der Waals surface area contributed by atoms with Gasteiger partial charge >= 0.3 is 6.03 Å². The summed E-state index contributed by atoms with van der Waals surface area (Å²) in [5, 5.41) is 2.70. The number of nitrogens with zero attached hydrogens (tertiary/aromatic N) is 4. The van der Waals surface area contributed by atoms with Crippen molar-refractivity contribution in [1.29, 1.82) is 0 Å². The lowest BCUT2D eigenvalue weighted by molar-refractivity contribution is 0.0946. The predicted molar refractivity (Wildman–Crippen MR) is 83.4 cm³/mol. The van der Waals surface area contributed by atoms with Crippen molar-refractivity contribution in [2.75, 3.05) is 31.5 Å². The van der Waals surface area contributed by atoms with Gasteiger partial charge in [0, 0.05) is 32.0 Å². The maximum absolute atomic E-state index is 12.9. The summed E-state index contributed by atoms with van der Waals surface area (Å²) in [7, 11) is 0. The number of rotatable bonds is 3. The number of halogens is 1. The van der Waals surface area contributed by atoms with Crippen LogP contribution >= 0.6 is 0 Å². The topological polar surface area (TPSA) is 77.2 Å². The van der Waals surface area contributed by atoms with E-state index in [1.54, 1.807) is 17.3 Å². The van der Waals surface area contributed by atoms with Crippen molar-refractivity contribution in [3.05, 3.63) is 42.4 Å². The first kappa shape index (κ1) is 15.4. The van der Waals surface area contributed by atoms with Crippen LogP contribution in [0.4, 0.5) is 15.0 Å². The summed E-state index contributed by atoms with van der Waals surface area (Å²) in [5.41, 5.74) is 0. The van der Waals surface area contributed by atoms with Gasteiger partial charge < -0.3 is 9.88 Å². The first-order valence-electron chi connectivity index (χ1n) is 7.58. The quantitative estimate of drug-likeness (QED) is 0.905. The van der Waals surface area contributed by atoms with Crippen molar-refractivity contribution in [3.63, 3.8) is 0 Å². The summed E-state index contributed by atoms with van der Waals surface area (Å²) < 4.78 is 12.9. The zero-order valence-electron chi connectivity index (χ0n) is 12.9. The van der Waals surface area contributed by atoms with E-state index >= 15 is 0 Å². The molecule has 3 rings (SSSR count). The Morgan fingerprint density at radius 1 is 1.43 bits per heavy atom. The molecule has 8 heteroatoms. The number of aromatic amines is 1. The molecule has 0 aliphatic carbocycles. The minimum absolute atomic E-state index is 0.0377. The molecule has 2 amide bonds. The molecule has 122 valence electrons. The Bertz CT molecular complexity index is 644. The normalized spacial score (nSPS) is 18.9. The third kappa shape index (κ3) is 3.48. The highest BCUT2D eigenvalue weighted by atomic mass is 19.1. The maximum atomic E-state index is 12.9. The highest BCUT2D eigenvalue weighted by Crippen LogP contribution is 2.22. The molecule has 1 fully saturated rings. The minimum Gasteiger partial charge on any atom is -0.347 e. The van der Waals surface area contributed by atoms with Crippen molar-refractivity contribution in [2.24, 2.45) is 0 Å². The van der Waals surface area contributed by atoms with Gasteiger partial charge in [0.15, 0.2) is 0 Å². The number of hydrogen-bond acceptors (Lipinski definition) is 4. The summed E-state index contributed by atoms with van der Waals surface area (Å²) in [4.78, 5) is 27.7. The van der Waals surface area contributed by atoms with Crippen LogP contribution in [0.5, 0.6) is 0 Å². The number of aromatic nitrogens is 3. The standard InChI is InChI=1S/C15H19FN6O/c1-2-21-7-8-22(10-12(21)14-17-5-6-18-14)15(23)20-13-4-3-11(16)9-19-13/h3-6,9,12H,2,7-8,10H2,1H3,(H,17,18)(H,19,20,23)/t12-/m1/s1. The number of likely N-dealkylation sites (N-methyl/N-ethyl adjacent to an activating group) is 1. The van der Waals surface area contributed by atoms with Crippen molar-refractivity contribution < 1.29 is 9.18 Å². The summed E-state index contributed by atoms with van der Waals surface area (Å²) in [6.07, 6.45) is 4.57. The summed E-state index contributed by atoms with van der Waals surface area (Å²) in [6.45, 7) is 4.91. The van der Waals surface area contributed by atoms with E-state index in [1.807, 2.05) is 0 Å². The molecule has 2 aromatic heterocycles. The van der Waals surface area contributed by atoms with Crippen LogP contribution in [0.3, 0.4) is 0 Å². The molecule has 0 radical (unpaired) electrons. The number of urea groups is 1. The fourth-order valence-corrected chi connectivity index (χ4v) is 2.74. The molecule has 3 heterocycles. The molecule has 0 spiro atoms. The second-order valence-electron chi connectivity index (χ2n) is 5.36. The SMILES string of the molecule is CCN1CCN(C(=O)Nc2ccc(F)cn2)C[C@@H]1c1ncc[nH]1. The number of anilines is 1. The van der Waals surface area contributed by atoms with Crippen LogP contribution in [0, 0.1) is 5.82 Å². The second kappa shape index (κ2) is 6.74. The van der Waals surface area contributed by atoms with Crippen LogP contribution in [0.2, 0.25) is 0 Å². The maximum Gasteiger partial charge on any atom is 0.323 e. The molecule has 1 saturated heterocycles. The zero-order valence-corrected chi connectivity index (χ0v) is 12.9. The van der Waals surface area contributed by atoms with E-state index in [9.17, 15) is 9.18 Å². The Balaban J connectivity index is 1.68. The zero-order chi connectivity index (χ0) is 16.2. The van der Waals surface area contributed by atoms with Gasteiger partial charge in [0.2, 0.25) is 0 Å².